The molecule has 4 nitrogen and oxygen atoms in total. The van der Waals surface area contributed by atoms with Gasteiger partial charge < -0.3 is 16.2 Å². The molecule has 148 valence electrons. The number of nitrogens with two attached hydrogens (primary N) is 1. The smallest absolute Gasteiger partial charge is 0.245 e. The summed E-state index contributed by atoms with van der Waals surface area (Å²) in [4.78, 5) is 11.1. The summed E-state index contributed by atoms with van der Waals surface area (Å²) < 4.78 is 0. The van der Waals surface area contributed by atoms with E-state index in [1.807, 2.05) is 41.5 Å². The van der Waals surface area contributed by atoms with Crippen LogP contribution < -0.4 is 11.1 Å². The van der Waals surface area contributed by atoms with Gasteiger partial charge in [-0.2, -0.15) is 0 Å². The molecular formula is C19H50N2O2. The van der Waals surface area contributed by atoms with E-state index in [1.165, 1.54) is 0 Å². The summed E-state index contributed by atoms with van der Waals surface area (Å²) in [5, 5.41) is 11.5. The molecule has 0 aliphatic rings. The summed E-state index contributed by atoms with van der Waals surface area (Å²) in [6.45, 7) is 21.4. The van der Waals surface area contributed by atoms with Gasteiger partial charge in [-0.05, 0) is 36.6 Å². The maximum Gasteiger partial charge on any atom is 0.245 e. The first-order valence-corrected chi connectivity index (χ1v) is 9.42. The third kappa shape index (κ3) is 16.0. The van der Waals surface area contributed by atoms with Gasteiger partial charge in [-0.1, -0.05) is 69.2 Å². The van der Waals surface area contributed by atoms with Crippen molar-refractivity contribution < 1.29 is 12.8 Å². The molecule has 0 spiro atoms. The van der Waals surface area contributed by atoms with Crippen molar-refractivity contribution in [1.29, 1.82) is 0 Å². The molecule has 23 heavy (non-hydrogen) atoms. The van der Waals surface area contributed by atoms with Crippen molar-refractivity contribution in [2.24, 2.45) is 16.6 Å². The van der Waals surface area contributed by atoms with Crippen molar-refractivity contribution in [3.8, 4) is 0 Å². The molecule has 2 atom stereocenters. The maximum atomic E-state index is 11.1. The summed E-state index contributed by atoms with van der Waals surface area (Å²) >= 11 is 0. The first kappa shape index (κ1) is 30.3. The summed E-state index contributed by atoms with van der Waals surface area (Å²) in [6, 6.07) is 0. The van der Waals surface area contributed by atoms with Crippen LogP contribution in [-0.4, -0.2) is 30.7 Å². The molecule has 4 N–H and O–H groups in total. The molecule has 0 aliphatic carbocycles. The molecule has 0 radical (unpaired) electrons. The van der Waals surface area contributed by atoms with Crippen molar-refractivity contribution in [2.75, 3.05) is 19.7 Å². The quantitative estimate of drug-likeness (QED) is 0.592. The van der Waals surface area contributed by atoms with Crippen LogP contribution in [-0.2, 0) is 4.79 Å². The number of carbonyl (C=O) groups is 1. The number of hydrogen-bond acceptors (Lipinski definition) is 3. The minimum absolute atomic E-state index is 0. The van der Waals surface area contributed by atoms with Crippen LogP contribution in [0.15, 0.2) is 0 Å². The Labute approximate surface area is 149 Å². The Kier molecular flexibility index (Phi) is 25.6. The van der Waals surface area contributed by atoms with Crippen molar-refractivity contribution in [3.63, 3.8) is 0 Å². The molecule has 0 saturated carbocycles. The summed E-state index contributed by atoms with van der Waals surface area (Å²) in [6.07, 6.45) is 3.00. The Morgan fingerprint density at radius 2 is 1.39 bits per heavy atom. The number of nitrogens with one attached hydrogen (secondary N) is 1. The van der Waals surface area contributed by atoms with E-state index in [4.69, 9.17) is 10.8 Å². The van der Waals surface area contributed by atoms with Gasteiger partial charge in [0.05, 0.1) is 0 Å². The number of aliphatic hydroxyl groups is 1. The number of aliphatic hydroxyl groups excluding tert-OH is 1. The lowest BCUT2D eigenvalue weighted by atomic mass is 9.70. The van der Waals surface area contributed by atoms with Crippen molar-refractivity contribution >= 4 is 5.91 Å². The zero-order valence-electron chi connectivity index (χ0n) is 17.7. The molecule has 0 bridgehead atoms. The molecule has 4 heteroatoms. The van der Waals surface area contributed by atoms with Crippen LogP contribution in [0.1, 0.15) is 91.4 Å². The van der Waals surface area contributed by atoms with Crippen LogP contribution in [0.5, 0.6) is 0 Å². The fraction of sp³-hybridized carbons (Fsp3) is 0.947. The predicted molar refractivity (Wildman–Crippen MR) is 109 cm³/mol. The van der Waals surface area contributed by atoms with Crippen LogP contribution >= 0.6 is 0 Å². The zero-order valence-corrected chi connectivity index (χ0v) is 17.7. The second kappa shape index (κ2) is 19.4. The molecule has 1 amide bonds. The molecule has 0 aromatic rings. The van der Waals surface area contributed by atoms with E-state index in [2.05, 4.69) is 33.0 Å². The van der Waals surface area contributed by atoms with Gasteiger partial charge in [0.15, 0.2) is 0 Å². The minimum atomic E-state index is -0.443. The normalized spacial score (nSPS) is 14.3. The maximum absolute atomic E-state index is 11.1. The minimum Gasteiger partial charge on any atom is -0.387 e. The molecule has 0 aromatic heterocycles. The highest BCUT2D eigenvalue weighted by atomic mass is 16.3. The Balaban J connectivity index is -0.000000101. The standard InChI is InChI=1S/C13H28N2O2.3C2H6.2H2/c1-5-12(3,9-14)8-13(4,6-2)10-15-11(17)7-16;3*1-2;;/h16H,5-10,14H2,1-4H3,(H,15,17);3*1-2H3;2*1H. The van der Waals surface area contributed by atoms with Gasteiger partial charge in [0.25, 0.3) is 0 Å². The van der Waals surface area contributed by atoms with Crippen LogP contribution in [0.4, 0.5) is 0 Å². The van der Waals surface area contributed by atoms with E-state index >= 15 is 0 Å². The molecule has 0 heterocycles. The molecule has 2 unspecified atom stereocenters. The molecule has 0 rings (SSSR count). The number of amides is 1. The highest BCUT2D eigenvalue weighted by Crippen LogP contribution is 2.37. The van der Waals surface area contributed by atoms with Crippen LogP contribution in [0.3, 0.4) is 0 Å². The van der Waals surface area contributed by atoms with Gasteiger partial charge in [0.1, 0.15) is 6.61 Å². The van der Waals surface area contributed by atoms with Gasteiger partial charge in [0.2, 0.25) is 5.91 Å². The lowest BCUT2D eigenvalue weighted by Crippen LogP contribution is -2.41. The summed E-state index contributed by atoms with van der Waals surface area (Å²) in [7, 11) is 0. The summed E-state index contributed by atoms with van der Waals surface area (Å²) in [5.41, 5.74) is 5.99. The molecule has 0 aromatic carbocycles. The van der Waals surface area contributed by atoms with E-state index in [9.17, 15) is 4.79 Å². The predicted octanol–water partition coefficient (Wildman–Crippen LogP) is 4.85. The van der Waals surface area contributed by atoms with E-state index in [0.29, 0.717) is 13.1 Å². The highest BCUT2D eigenvalue weighted by Gasteiger charge is 2.32. The van der Waals surface area contributed by atoms with Gasteiger partial charge in [0, 0.05) is 9.40 Å². The first-order chi connectivity index (χ1) is 10.8. The van der Waals surface area contributed by atoms with Crippen LogP contribution in [0, 0.1) is 10.8 Å². The fourth-order valence-electron chi connectivity index (χ4n) is 2.05. The Bertz CT molecular complexity index is 252. The molecule has 0 aliphatic heterocycles. The van der Waals surface area contributed by atoms with Gasteiger partial charge in [-0.25, -0.2) is 0 Å². The van der Waals surface area contributed by atoms with Crippen molar-refractivity contribution in [1.82, 2.24) is 5.32 Å². The van der Waals surface area contributed by atoms with Crippen LogP contribution in [0.25, 0.3) is 0 Å². The van der Waals surface area contributed by atoms with E-state index in [1.54, 1.807) is 0 Å². The van der Waals surface area contributed by atoms with Gasteiger partial charge in [-0.15, -0.1) is 0 Å². The van der Waals surface area contributed by atoms with E-state index in [-0.39, 0.29) is 19.6 Å². The van der Waals surface area contributed by atoms with Crippen molar-refractivity contribution in [2.45, 2.75) is 88.5 Å². The second-order valence-electron chi connectivity index (χ2n) is 5.64. The number of hydrogen-bond donors (Lipinski definition) is 3. The van der Waals surface area contributed by atoms with Crippen LogP contribution in [0.2, 0.25) is 0 Å². The lowest BCUT2D eigenvalue weighted by Gasteiger charge is -2.38. The third-order valence-corrected chi connectivity index (χ3v) is 3.91. The Morgan fingerprint density at radius 1 is 1.00 bits per heavy atom. The average molecular weight is 339 g/mol. The fourth-order valence-corrected chi connectivity index (χ4v) is 2.05. The van der Waals surface area contributed by atoms with E-state index in [0.717, 1.165) is 19.3 Å². The number of carbonyl (C=O) groups excluding carboxylic acids is 1. The zero-order chi connectivity index (χ0) is 19.5. The molecular weight excluding hydrogens is 288 g/mol. The average Bonchev–Trinajstić information content (AvgIpc) is 2.64. The third-order valence-electron chi connectivity index (χ3n) is 3.91. The molecule has 0 fully saturated rings. The van der Waals surface area contributed by atoms with Gasteiger partial charge >= 0.3 is 0 Å². The molecule has 0 saturated heterocycles. The topological polar surface area (TPSA) is 75.3 Å². The van der Waals surface area contributed by atoms with Crippen molar-refractivity contribution in [3.05, 3.63) is 0 Å². The highest BCUT2D eigenvalue weighted by molar-refractivity contribution is 5.76. The monoisotopic (exact) mass is 338 g/mol. The number of rotatable bonds is 8. The van der Waals surface area contributed by atoms with Gasteiger partial charge in [-0.3, -0.25) is 4.79 Å². The first-order valence-electron chi connectivity index (χ1n) is 9.42. The Morgan fingerprint density at radius 3 is 1.65 bits per heavy atom. The van der Waals surface area contributed by atoms with E-state index < -0.39 is 6.61 Å². The Hall–Kier alpha value is -0.610. The lowest BCUT2D eigenvalue weighted by molar-refractivity contribution is -0.124. The SMILES string of the molecule is CC.CC.CC.CCC(C)(CN)CC(C)(CC)CNC(=O)CO.[HH].[HH]. The summed E-state index contributed by atoms with van der Waals surface area (Å²) in [5.74, 6) is -0.310. The second-order valence-corrected chi connectivity index (χ2v) is 5.64. The largest absolute Gasteiger partial charge is 0.387 e.